The number of benzene rings is 2. The maximum atomic E-state index is 12.9. The first-order chi connectivity index (χ1) is 16.0. The number of hydrogen-bond donors (Lipinski definition) is 2. The summed E-state index contributed by atoms with van der Waals surface area (Å²) in [6, 6.07) is 15.4. The van der Waals surface area contributed by atoms with Crippen LogP contribution in [0.1, 0.15) is 46.2 Å². The van der Waals surface area contributed by atoms with Gasteiger partial charge in [0.2, 0.25) is 0 Å². The van der Waals surface area contributed by atoms with Gasteiger partial charge in [0.1, 0.15) is 17.2 Å². The number of amides is 2. The van der Waals surface area contributed by atoms with Gasteiger partial charge < -0.3 is 29.7 Å². The molecule has 0 saturated heterocycles. The van der Waals surface area contributed by atoms with Gasteiger partial charge in [-0.3, -0.25) is 9.59 Å². The Kier molecular flexibility index (Phi) is 8.02. The summed E-state index contributed by atoms with van der Waals surface area (Å²) in [7, 11) is 0. The second-order valence-electron chi connectivity index (χ2n) is 7.08. The molecule has 0 bridgehead atoms. The highest BCUT2D eigenvalue weighted by molar-refractivity contribution is 6.10. The molecule has 0 radical (unpaired) electrons. The van der Waals surface area contributed by atoms with Crippen molar-refractivity contribution in [2.24, 2.45) is 0 Å². The summed E-state index contributed by atoms with van der Waals surface area (Å²) in [5, 5.41) is 16.2. The van der Waals surface area contributed by atoms with Crippen LogP contribution in [0.3, 0.4) is 0 Å². The van der Waals surface area contributed by atoms with Crippen LogP contribution in [0, 0.1) is 0 Å². The van der Waals surface area contributed by atoms with Crippen LogP contribution >= 0.6 is 0 Å². The number of anilines is 1. The van der Waals surface area contributed by atoms with Crippen LogP contribution in [0.25, 0.3) is 6.08 Å². The Morgan fingerprint density at radius 2 is 1.82 bits per heavy atom. The third kappa shape index (κ3) is 6.83. The molecule has 0 atom stereocenters. The van der Waals surface area contributed by atoms with Crippen LogP contribution in [0.15, 0.2) is 77.0 Å². The fourth-order valence-corrected chi connectivity index (χ4v) is 2.83. The molecule has 8 heteroatoms. The molecule has 2 aromatic carbocycles. The standard InChI is InChI=1S/C25H24N2O6/c1-2-3-13-32-20-11-9-17(10-12-20)23(28)27-22(16-21-8-5-14-33-21)24(29)26-19-7-4-6-18(15-19)25(30)31/h4-12,14-16H,2-3,13H2,1H3,(H,26,29)(H,27,28)(H,30,31)/p-1/b22-16+. The molecule has 0 aliphatic rings. The summed E-state index contributed by atoms with van der Waals surface area (Å²) in [4.78, 5) is 36.7. The molecule has 0 spiro atoms. The van der Waals surface area contributed by atoms with Crippen LogP contribution in [-0.2, 0) is 4.79 Å². The van der Waals surface area contributed by atoms with Crippen LogP contribution in [0.5, 0.6) is 5.75 Å². The number of nitrogens with one attached hydrogen (secondary N) is 2. The minimum Gasteiger partial charge on any atom is -0.545 e. The lowest BCUT2D eigenvalue weighted by molar-refractivity contribution is -0.255. The average molecular weight is 447 g/mol. The Morgan fingerprint density at radius 1 is 1.03 bits per heavy atom. The lowest BCUT2D eigenvalue weighted by atomic mass is 10.2. The molecule has 1 aromatic heterocycles. The number of aromatic carboxylic acids is 1. The van der Waals surface area contributed by atoms with Crippen molar-refractivity contribution in [2.75, 3.05) is 11.9 Å². The van der Waals surface area contributed by atoms with E-state index in [1.807, 2.05) is 0 Å². The maximum Gasteiger partial charge on any atom is 0.272 e. The molecule has 1 heterocycles. The second-order valence-corrected chi connectivity index (χ2v) is 7.08. The number of carbonyl (C=O) groups is 3. The Balaban J connectivity index is 1.76. The Hall–Kier alpha value is -4.33. The molecule has 2 N–H and O–H groups in total. The average Bonchev–Trinajstić information content (AvgIpc) is 3.32. The van der Waals surface area contributed by atoms with Gasteiger partial charge in [0.05, 0.1) is 18.8 Å². The van der Waals surface area contributed by atoms with Crippen molar-refractivity contribution in [2.45, 2.75) is 19.8 Å². The summed E-state index contributed by atoms with van der Waals surface area (Å²) < 4.78 is 10.9. The molecule has 0 fully saturated rings. The molecule has 0 aliphatic carbocycles. The first kappa shape index (κ1) is 23.3. The Labute approximate surface area is 190 Å². The lowest BCUT2D eigenvalue weighted by Gasteiger charge is -2.12. The topological polar surface area (TPSA) is 121 Å². The number of carboxylic acid groups (broad SMARTS) is 1. The summed E-state index contributed by atoms with van der Waals surface area (Å²) in [5.74, 6) is -1.53. The highest BCUT2D eigenvalue weighted by atomic mass is 16.5. The Bertz CT molecular complexity index is 1130. The smallest absolute Gasteiger partial charge is 0.272 e. The number of ether oxygens (including phenoxy) is 1. The fourth-order valence-electron chi connectivity index (χ4n) is 2.83. The normalized spacial score (nSPS) is 11.0. The fraction of sp³-hybridized carbons (Fsp3) is 0.160. The van der Waals surface area contributed by atoms with Gasteiger partial charge in [-0.2, -0.15) is 0 Å². The number of carbonyl (C=O) groups excluding carboxylic acids is 3. The van der Waals surface area contributed by atoms with Crippen molar-refractivity contribution >= 4 is 29.5 Å². The first-order valence-electron chi connectivity index (χ1n) is 10.4. The van der Waals surface area contributed by atoms with Gasteiger partial charge in [-0.1, -0.05) is 25.5 Å². The molecule has 0 aliphatic heterocycles. The molecule has 33 heavy (non-hydrogen) atoms. The third-order valence-electron chi connectivity index (χ3n) is 4.56. The number of carboxylic acids is 1. The van der Waals surface area contributed by atoms with Gasteiger partial charge in [-0.25, -0.2) is 0 Å². The van der Waals surface area contributed by atoms with Crippen LogP contribution < -0.4 is 20.5 Å². The number of rotatable bonds is 10. The van der Waals surface area contributed by atoms with Gasteiger partial charge in [-0.05, 0) is 60.5 Å². The van der Waals surface area contributed by atoms with E-state index >= 15 is 0 Å². The van der Waals surface area contributed by atoms with E-state index in [1.54, 1.807) is 36.4 Å². The van der Waals surface area contributed by atoms with Crippen molar-refractivity contribution in [3.05, 3.63) is 89.5 Å². The highest BCUT2D eigenvalue weighted by Gasteiger charge is 2.16. The second kappa shape index (κ2) is 11.3. The molecule has 2 amide bonds. The minimum absolute atomic E-state index is 0.0860. The van der Waals surface area contributed by atoms with E-state index in [-0.39, 0.29) is 16.9 Å². The highest BCUT2D eigenvalue weighted by Crippen LogP contribution is 2.15. The summed E-state index contributed by atoms with van der Waals surface area (Å²) in [5.41, 5.74) is 0.386. The van der Waals surface area contributed by atoms with E-state index in [9.17, 15) is 19.5 Å². The van der Waals surface area contributed by atoms with Crippen molar-refractivity contribution in [1.29, 1.82) is 0 Å². The van der Waals surface area contributed by atoms with Crippen LogP contribution in [-0.4, -0.2) is 24.4 Å². The van der Waals surface area contributed by atoms with E-state index in [0.29, 0.717) is 23.7 Å². The van der Waals surface area contributed by atoms with E-state index in [4.69, 9.17) is 9.15 Å². The van der Waals surface area contributed by atoms with Crippen LogP contribution in [0.2, 0.25) is 0 Å². The molecule has 170 valence electrons. The zero-order valence-corrected chi connectivity index (χ0v) is 18.0. The first-order valence-corrected chi connectivity index (χ1v) is 10.4. The van der Waals surface area contributed by atoms with Gasteiger partial charge in [0, 0.05) is 17.3 Å². The number of furan rings is 1. The summed E-state index contributed by atoms with van der Waals surface area (Å²) in [6.45, 7) is 2.66. The van der Waals surface area contributed by atoms with E-state index in [0.717, 1.165) is 12.8 Å². The monoisotopic (exact) mass is 447 g/mol. The molecule has 0 unspecified atom stereocenters. The van der Waals surface area contributed by atoms with Gasteiger partial charge in [0.25, 0.3) is 11.8 Å². The predicted octanol–water partition coefficient (Wildman–Crippen LogP) is 3.23. The van der Waals surface area contributed by atoms with Gasteiger partial charge in [0.15, 0.2) is 0 Å². The molecule has 8 nitrogen and oxygen atoms in total. The molecule has 3 rings (SSSR count). The van der Waals surface area contributed by atoms with E-state index in [1.165, 1.54) is 36.6 Å². The number of hydrogen-bond acceptors (Lipinski definition) is 6. The van der Waals surface area contributed by atoms with E-state index in [2.05, 4.69) is 17.6 Å². The summed E-state index contributed by atoms with van der Waals surface area (Å²) >= 11 is 0. The predicted molar refractivity (Wildman–Crippen MR) is 120 cm³/mol. The molecular formula is C25H23N2O6-. The van der Waals surface area contributed by atoms with Crippen LogP contribution in [0.4, 0.5) is 5.69 Å². The largest absolute Gasteiger partial charge is 0.545 e. The van der Waals surface area contributed by atoms with Crippen molar-refractivity contribution in [1.82, 2.24) is 5.32 Å². The zero-order chi connectivity index (χ0) is 23.6. The lowest BCUT2D eigenvalue weighted by Crippen LogP contribution is -2.30. The van der Waals surface area contributed by atoms with Crippen molar-refractivity contribution < 1.29 is 28.6 Å². The van der Waals surface area contributed by atoms with Gasteiger partial charge >= 0.3 is 0 Å². The SMILES string of the molecule is CCCCOc1ccc(C(=O)N/C(=C/c2ccco2)C(=O)Nc2cccc(C(=O)[O-])c2)cc1. The minimum atomic E-state index is -1.37. The van der Waals surface area contributed by atoms with Crippen molar-refractivity contribution in [3.63, 3.8) is 0 Å². The van der Waals surface area contributed by atoms with Gasteiger partial charge in [-0.15, -0.1) is 0 Å². The zero-order valence-electron chi connectivity index (χ0n) is 18.0. The van der Waals surface area contributed by atoms with E-state index < -0.39 is 17.8 Å². The summed E-state index contributed by atoms with van der Waals surface area (Å²) in [6.07, 6.45) is 4.76. The Morgan fingerprint density at radius 3 is 2.48 bits per heavy atom. The quantitative estimate of drug-likeness (QED) is 0.364. The maximum absolute atomic E-state index is 12.9. The molecular weight excluding hydrogens is 424 g/mol. The molecule has 3 aromatic rings. The number of unbranched alkanes of at least 4 members (excludes halogenated alkanes) is 1. The van der Waals surface area contributed by atoms with Crippen molar-refractivity contribution in [3.8, 4) is 5.75 Å². The third-order valence-corrected chi connectivity index (χ3v) is 4.56. The molecule has 0 saturated carbocycles.